The topological polar surface area (TPSA) is 139 Å². The first-order chi connectivity index (χ1) is 21.9. The van der Waals surface area contributed by atoms with E-state index < -0.39 is 41.4 Å². The van der Waals surface area contributed by atoms with Crippen LogP contribution in [0, 0.1) is 28.6 Å². The van der Waals surface area contributed by atoms with Crippen LogP contribution >= 0.6 is 0 Å². The van der Waals surface area contributed by atoms with Gasteiger partial charge >= 0.3 is 5.97 Å². The minimum Gasteiger partial charge on any atom is -0.478 e. The van der Waals surface area contributed by atoms with Gasteiger partial charge in [-0.25, -0.2) is 4.79 Å². The zero-order valence-electron chi connectivity index (χ0n) is 26.4. The van der Waals surface area contributed by atoms with E-state index in [1.807, 2.05) is 61.5 Å². The number of rotatable bonds is 8. The molecule has 3 fully saturated rings. The Balaban J connectivity index is 1.13. The SMILES string of the molecule is C[C@]12CCC(=O)C=C1CC[C@@H]1[C@@H]2[C@@H](O)C[C@@]2(C)[C@H]1CC[C@]2(O)C(=O)CC(Oc1nn(Cc2ccccc2)c2ccccc12)C(=O)O. The molecule has 8 atom stereocenters. The van der Waals surface area contributed by atoms with Crippen molar-refractivity contribution in [2.24, 2.45) is 28.6 Å². The van der Waals surface area contributed by atoms with Crippen molar-refractivity contribution in [1.82, 2.24) is 9.78 Å². The molecule has 1 heterocycles. The lowest BCUT2D eigenvalue weighted by Crippen LogP contribution is -2.62. The number of aliphatic carboxylic acids is 1. The van der Waals surface area contributed by atoms with Crippen LogP contribution in [0.3, 0.4) is 0 Å². The highest BCUT2D eigenvalue weighted by atomic mass is 16.5. The molecule has 0 saturated heterocycles. The fraction of sp³-hybridized carbons (Fsp3) is 0.514. The molecule has 9 heteroatoms. The number of aromatic nitrogens is 2. The number of ketones is 2. The molecule has 4 aliphatic rings. The van der Waals surface area contributed by atoms with Crippen molar-refractivity contribution >= 4 is 28.4 Å². The first kappa shape index (κ1) is 30.8. The zero-order chi connectivity index (χ0) is 32.4. The van der Waals surface area contributed by atoms with Gasteiger partial charge < -0.3 is 20.1 Å². The smallest absolute Gasteiger partial charge is 0.345 e. The van der Waals surface area contributed by atoms with Gasteiger partial charge in [0.2, 0.25) is 12.0 Å². The van der Waals surface area contributed by atoms with E-state index in [0.717, 1.165) is 29.5 Å². The van der Waals surface area contributed by atoms with Crippen LogP contribution in [-0.2, 0) is 20.9 Å². The summed E-state index contributed by atoms with van der Waals surface area (Å²) in [7, 11) is 0. The summed E-state index contributed by atoms with van der Waals surface area (Å²) in [6.07, 6.45) is 2.77. The number of fused-ring (bicyclic) bond motifs is 6. The number of hydrogen-bond donors (Lipinski definition) is 3. The second-order valence-electron chi connectivity index (χ2n) is 14.5. The van der Waals surface area contributed by atoms with Crippen LogP contribution in [0.1, 0.15) is 70.8 Å². The summed E-state index contributed by atoms with van der Waals surface area (Å²) >= 11 is 0. The molecular formula is C37H42N2O7. The van der Waals surface area contributed by atoms with Crippen molar-refractivity contribution < 1.29 is 34.4 Å². The highest BCUT2D eigenvalue weighted by Crippen LogP contribution is 2.67. The van der Waals surface area contributed by atoms with E-state index in [9.17, 15) is 29.7 Å². The van der Waals surface area contributed by atoms with Crippen LogP contribution in [0.2, 0.25) is 0 Å². The highest BCUT2D eigenvalue weighted by Gasteiger charge is 2.68. The average molecular weight is 627 g/mol. The van der Waals surface area contributed by atoms with E-state index in [0.29, 0.717) is 31.2 Å². The number of Topliss-reactive ketones (excluding diaryl/α,β-unsaturated/α-hetero) is 1. The summed E-state index contributed by atoms with van der Waals surface area (Å²) in [5.74, 6) is -1.58. The van der Waals surface area contributed by atoms with Gasteiger partial charge in [-0.05, 0) is 85.5 Å². The fourth-order valence-corrected chi connectivity index (χ4v) is 9.86. The van der Waals surface area contributed by atoms with Crippen LogP contribution in [0.4, 0.5) is 0 Å². The quantitative estimate of drug-likeness (QED) is 0.314. The zero-order valence-corrected chi connectivity index (χ0v) is 26.4. The Morgan fingerprint density at radius 3 is 2.54 bits per heavy atom. The van der Waals surface area contributed by atoms with Gasteiger partial charge in [0.25, 0.3) is 0 Å². The standard InChI is InChI=1S/C37H42N2O7/c1-35-16-14-24(40)18-23(35)12-13-25-27-15-17-37(45,36(27,2)20-29(41)32(25)35)31(42)19-30(34(43)44)46-33-26-10-6-7-11-28(26)39(38-33)21-22-8-4-3-5-9-22/h3-11,18,25,27,29-30,32,41,45H,12-17,19-21H2,1-2H3,(H,43,44)/t25-,27-,29-,30?,32+,35-,36-,37-/m0/s1. The largest absolute Gasteiger partial charge is 0.478 e. The number of benzene rings is 2. The minimum atomic E-state index is -1.80. The van der Waals surface area contributed by atoms with Crippen LogP contribution in [0.5, 0.6) is 5.88 Å². The number of nitrogens with zero attached hydrogens (tertiary/aromatic N) is 2. The minimum absolute atomic E-state index is 0.00678. The highest BCUT2D eigenvalue weighted by molar-refractivity contribution is 5.93. The monoisotopic (exact) mass is 626 g/mol. The van der Waals surface area contributed by atoms with Crippen molar-refractivity contribution in [3.63, 3.8) is 0 Å². The van der Waals surface area contributed by atoms with E-state index >= 15 is 0 Å². The van der Waals surface area contributed by atoms with Gasteiger partial charge in [0.15, 0.2) is 11.6 Å². The van der Waals surface area contributed by atoms with E-state index in [1.54, 1.807) is 10.8 Å². The van der Waals surface area contributed by atoms with Gasteiger partial charge in [0.1, 0.15) is 5.60 Å². The van der Waals surface area contributed by atoms with Crippen molar-refractivity contribution in [2.75, 3.05) is 0 Å². The Bertz CT molecular complexity index is 1730. The van der Waals surface area contributed by atoms with Crippen molar-refractivity contribution in [1.29, 1.82) is 0 Å². The number of carboxylic acids is 1. The molecule has 0 aliphatic heterocycles. The Labute approximate surface area is 268 Å². The Morgan fingerprint density at radius 1 is 1.04 bits per heavy atom. The molecule has 3 saturated carbocycles. The molecule has 0 amide bonds. The van der Waals surface area contributed by atoms with Gasteiger partial charge in [0, 0.05) is 11.8 Å². The first-order valence-electron chi connectivity index (χ1n) is 16.5. The van der Waals surface area contributed by atoms with Crippen LogP contribution in [-0.4, -0.2) is 60.4 Å². The molecule has 4 aliphatic carbocycles. The van der Waals surface area contributed by atoms with Gasteiger partial charge in [-0.3, -0.25) is 14.3 Å². The normalized spacial score (nSPS) is 34.3. The van der Waals surface area contributed by atoms with Crippen molar-refractivity contribution in [2.45, 2.75) is 89.6 Å². The molecule has 3 N–H and O–H groups in total. The van der Waals surface area contributed by atoms with Gasteiger partial charge in [-0.1, -0.05) is 61.9 Å². The number of aliphatic hydroxyl groups excluding tert-OH is 1. The lowest BCUT2D eigenvalue weighted by molar-refractivity contribution is -0.182. The maximum atomic E-state index is 14.1. The predicted molar refractivity (Wildman–Crippen MR) is 170 cm³/mol. The molecular weight excluding hydrogens is 584 g/mol. The number of para-hydroxylation sites is 1. The summed E-state index contributed by atoms with van der Waals surface area (Å²) in [6.45, 7) is 4.52. The number of aliphatic hydroxyl groups is 2. The molecule has 46 heavy (non-hydrogen) atoms. The number of carboxylic acid groups (broad SMARTS) is 1. The third kappa shape index (κ3) is 4.73. The van der Waals surface area contributed by atoms with Crippen LogP contribution < -0.4 is 4.74 Å². The van der Waals surface area contributed by atoms with E-state index in [1.165, 1.54) is 0 Å². The Hall–Kier alpha value is -3.82. The molecule has 2 aromatic carbocycles. The number of carbonyl (C=O) groups is 3. The molecule has 7 rings (SSSR count). The Kier molecular flexibility index (Phi) is 7.48. The van der Waals surface area contributed by atoms with Crippen LogP contribution in [0.25, 0.3) is 10.9 Å². The fourth-order valence-electron chi connectivity index (χ4n) is 9.86. The van der Waals surface area contributed by atoms with Gasteiger partial charge in [-0.2, -0.15) is 0 Å². The molecule has 242 valence electrons. The van der Waals surface area contributed by atoms with E-state index in [2.05, 4.69) is 12.0 Å². The molecule has 0 radical (unpaired) electrons. The van der Waals surface area contributed by atoms with Gasteiger partial charge in [0.05, 0.1) is 30.0 Å². The molecule has 3 aromatic rings. The summed E-state index contributed by atoms with van der Waals surface area (Å²) in [5.41, 5.74) is -0.0796. The molecule has 0 bridgehead atoms. The molecule has 1 aromatic heterocycles. The summed E-state index contributed by atoms with van der Waals surface area (Å²) in [6, 6.07) is 17.2. The average Bonchev–Trinajstić information content (AvgIpc) is 3.51. The number of allylic oxidation sites excluding steroid dienone is 1. The third-order valence-corrected chi connectivity index (χ3v) is 12.2. The van der Waals surface area contributed by atoms with Crippen LogP contribution in [0.15, 0.2) is 66.2 Å². The second kappa shape index (κ2) is 11.2. The van der Waals surface area contributed by atoms with Crippen molar-refractivity contribution in [3.05, 3.63) is 71.8 Å². The lowest BCUT2D eigenvalue weighted by Gasteiger charge is -2.60. The van der Waals surface area contributed by atoms with E-state index in [-0.39, 0.29) is 47.7 Å². The molecule has 1 unspecified atom stereocenters. The summed E-state index contributed by atoms with van der Waals surface area (Å²) in [4.78, 5) is 38.8. The number of ether oxygens (including phenoxy) is 1. The van der Waals surface area contributed by atoms with Gasteiger partial charge in [-0.15, -0.1) is 5.10 Å². The summed E-state index contributed by atoms with van der Waals surface area (Å²) in [5, 5.41) is 39.4. The molecule has 0 spiro atoms. The third-order valence-electron chi connectivity index (χ3n) is 12.2. The lowest BCUT2D eigenvalue weighted by atomic mass is 9.45. The van der Waals surface area contributed by atoms with Crippen molar-refractivity contribution in [3.8, 4) is 5.88 Å². The predicted octanol–water partition coefficient (Wildman–Crippen LogP) is 5.11. The Morgan fingerprint density at radius 2 is 1.78 bits per heavy atom. The number of carbonyl (C=O) groups excluding carboxylic acids is 2. The maximum absolute atomic E-state index is 14.1. The van der Waals surface area contributed by atoms with E-state index in [4.69, 9.17) is 4.74 Å². The number of hydrogen-bond acceptors (Lipinski definition) is 7. The summed E-state index contributed by atoms with van der Waals surface area (Å²) < 4.78 is 7.75. The first-order valence-corrected chi connectivity index (χ1v) is 16.5. The second-order valence-corrected chi connectivity index (χ2v) is 14.5. The molecule has 9 nitrogen and oxygen atoms in total. The maximum Gasteiger partial charge on any atom is 0.345 e.